The van der Waals surface area contributed by atoms with E-state index in [2.05, 4.69) is 5.32 Å². The summed E-state index contributed by atoms with van der Waals surface area (Å²) in [6, 6.07) is 4.02. The predicted octanol–water partition coefficient (Wildman–Crippen LogP) is 2.27. The maximum Gasteiger partial charge on any atom is 0.303 e. The van der Waals surface area contributed by atoms with Gasteiger partial charge in [0.05, 0.1) is 11.3 Å². The van der Waals surface area contributed by atoms with Gasteiger partial charge >= 0.3 is 5.97 Å². The van der Waals surface area contributed by atoms with Gasteiger partial charge in [0.2, 0.25) is 0 Å². The van der Waals surface area contributed by atoms with Crippen LogP contribution in [0.25, 0.3) is 0 Å². The van der Waals surface area contributed by atoms with Gasteiger partial charge < -0.3 is 16.2 Å². The molecule has 4 N–H and O–H groups in total. The molecular weight excluding hydrogens is 275 g/mol. The zero-order valence-corrected chi connectivity index (χ0v) is 12.2. The van der Waals surface area contributed by atoms with Gasteiger partial charge in [-0.15, -0.1) is 0 Å². The van der Waals surface area contributed by atoms with Crippen molar-refractivity contribution in [2.24, 2.45) is 11.8 Å². The number of rotatable bonds is 7. The van der Waals surface area contributed by atoms with Crippen molar-refractivity contribution in [1.29, 1.82) is 0 Å². The molecule has 0 saturated heterocycles. The van der Waals surface area contributed by atoms with Crippen LogP contribution in [0.4, 0.5) is 10.1 Å². The van der Waals surface area contributed by atoms with Gasteiger partial charge in [-0.2, -0.15) is 0 Å². The number of carboxylic acid groups (broad SMARTS) is 1. The molecule has 0 bridgehead atoms. The van der Waals surface area contributed by atoms with Crippen molar-refractivity contribution in [3.8, 4) is 0 Å². The van der Waals surface area contributed by atoms with Crippen LogP contribution in [0, 0.1) is 17.7 Å². The third kappa shape index (κ3) is 5.41. The van der Waals surface area contributed by atoms with Crippen LogP contribution in [0.5, 0.6) is 0 Å². The van der Waals surface area contributed by atoms with E-state index in [9.17, 15) is 14.0 Å². The molecule has 21 heavy (non-hydrogen) atoms. The van der Waals surface area contributed by atoms with Crippen molar-refractivity contribution in [3.05, 3.63) is 29.6 Å². The standard InChI is InChI=1S/C15H21FN2O3/c1-9(2)6-10(7-13(19)20)8-18-15(21)11-4-3-5-12(16)14(11)17/h3-5,9-10H,6-8,17H2,1-2H3,(H,18,21)(H,19,20)/t10-/m0/s1. The van der Waals surface area contributed by atoms with Gasteiger partial charge in [0.25, 0.3) is 5.91 Å². The Morgan fingerprint density at radius 1 is 1.38 bits per heavy atom. The fourth-order valence-corrected chi connectivity index (χ4v) is 2.22. The van der Waals surface area contributed by atoms with Gasteiger partial charge in [-0.25, -0.2) is 4.39 Å². The number of carbonyl (C=O) groups excluding carboxylic acids is 1. The first-order chi connectivity index (χ1) is 9.81. The molecule has 0 aliphatic heterocycles. The number of halogens is 1. The SMILES string of the molecule is CC(C)C[C@H](CNC(=O)c1cccc(F)c1N)CC(=O)O. The third-order valence-electron chi connectivity index (χ3n) is 3.12. The lowest BCUT2D eigenvalue weighted by Gasteiger charge is -2.18. The summed E-state index contributed by atoms with van der Waals surface area (Å²) in [5.74, 6) is -1.88. The molecule has 0 aliphatic carbocycles. The van der Waals surface area contributed by atoms with E-state index in [0.717, 1.165) is 0 Å². The lowest BCUT2D eigenvalue weighted by Crippen LogP contribution is -2.31. The van der Waals surface area contributed by atoms with Crippen molar-refractivity contribution in [2.75, 3.05) is 12.3 Å². The molecule has 0 saturated carbocycles. The molecule has 1 rings (SSSR count). The van der Waals surface area contributed by atoms with E-state index in [-0.39, 0.29) is 30.1 Å². The molecule has 1 aromatic rings. The summed E-state index contributed by atoms with van der Waals surface area (Å²) in [7, 11) is 0. The highest BCUT2D eigenvalue weighted by molar-refractivity contribution is 5.99. The van der Waals surface area contributed by atoms with Crippen LogP contribution in [0.15, 0.2) is 18.2 Å². The molecule has 116 valence electrons. The van der Waals surface area contributed by atoms with Crippen LogP contribution < -0.4 is 11.1 Å². The second kappa shape index (κ2) is 7.61. The molecule has 0 heterocycles. The fraction of sp³-hybridized carbons (Fsp3) is 0.467. The van der Waals surface area contributed by atoms with Crippen LogP contribution in [-0.4, -0.2) is 23.5 Å². The first kappa shape index (κ1) is 16.9. The number of benzene rings is 1. The number of carbonyl (C=O) groups is 2. The second-order valence-electron chi connectivity index (χ2n) is 5.50. The molecule has 1 aromatic carbocycles. The van der Waals surface area contributed by atoms with Crippen molar-refractivity contribution in [1.82, 2.24) is 5.32 Å². The Labute approximate surface area is 123 Å². The van der Waals surface area contributed by atoms with Crippen molar-refractivity contribution in [3.63, 3.8) is 0 Å². The van der Waals surface area contributed by atoms with E-state index in [4.69, 9.17) is 10.8 Å². The molecule has 0 aliphatic rings. The predicted molar refractivity (Wildman–Crippen MR) is 78.3 cm³/mol. The smallest absolute Gasteiger partial charge is 0.303 e. The first-order valence-electron chi connectivity index (χ1n) is 6.85. The summed E-state index contributed by atoms with van der Waals surface area (Å²) in [5.41, 5.74) is 5.38. The normalized spacial score (nSPS) is 12.2. The molecule has 5 nitrogen and oxygen atoms in total. The van der Waals surface area contributed by atoms with E-state index in [1.165, 1.54) is 18.2 Å². The van der Waals surface area contributed by atoms with Gasteiger partial charge in [-0.1, -0.05) is 19.9 Å². The van der Waals surface area contributed by atoms with Gasteiger partial charge in [-0.3, -0.25) is 9.59 Å². The summed E-state index contributed by atoms with van der Waals surface area (Å²) in [6.45, 7) is 4.20. The lowest BCUT2D eigenvalue weighted by atomic mass is 9.94. The lowest BCUT2D eigenvalue weighted by molar-refractivity contribution is -0.138. The largest absolute Gasteiger partial charge is 0.481 e. The number of para-hydroxylation sites is 1. The Hall–Kier alpha value is -2.11. The zero-order chi connectivity index (χ0) is 16.0. The summed E-state index contributed by atoms with van der Waals surface area (Å²) >= 11 is 0. The summed E-state index contributed by atoms with van der Waals surface area (Å²) in [6.07, 6.45) is 0.669. The minimum absolute atomic E-state index is 0.0168. The monoisotopic (exact) mass is 296 g/mol. The molecular formula is C15H21FN2O3. The van der Waals surface area contributed by atoms with Crippen LogP contribution in [0.2, 0.25) is 0 Å². The molecule has 0 radical (unpaired) electrons. The highest BCUT2D eigenvalue weighted by Gasteiger charge is 2.18. The van der Waals surface area contributed by atoms with Gasteiger partial charge in [0, 0.05) is 13.0 Å². The number of hydrogen-bond donors (Lipinski definition) is 3. The fourth-order valence-electron chi connectivity index (χ4n) is 2.22. The number of nitrogen functional groups attached to an aromatic ring is 1. The summed E-state index contributed by atoms with van der Waals surface area (Å²) in [5, 5.41) is 11.5. The second-order valence-corrected chi connectivity index (χ2v) is 5.50. The zero-order valence-electron chi connectivity index (χ0n) is 12.2. The highest BCUT2D eigenvalue weighted by atomic mass is 19.1. The van der Waals surface area contributed by atoms with Crippen LogP contribution in [0.3, 0.4) is 0 Å². The van der Waals surface area contributed by atoms with Crippen LogP contribution in [0.1, 0.15) is 37.0 Å². The maximum absolute atomic E-state index is 13.3. The molecule has 0 fully saturated rings. The van der Waals surface area contributed by atoms with Crippen molar-refractivity contribution in [2.45, 2.75) is 26.7 Å². The number of carboxylic acids is 1. The molecule has 6 heteroatoms. The van der Waals surface area contributed by atoms with E-state index < -0.39 is 17.7 Å². The Kier molecular flexibility index (Phi) is 6.14. The number of hydrogen-bond acceptors (Lipinski definition) is 3. The number of amides is 1. The topological polar surface area (TPSA) is 92.4 Å². The van der Waals surface area contributed by atoms with E-state index in [0.29, 0.717) is 12.3 Å². The number of nitrogens with two attached hydrogens (primary N) is 1. The van der Waals surface area contributed by atoms with Crippen molar-refractivity contribution >= 4 is 17.6 Å². The highest BCUT2D eigenvalue weighted by Crippen LogP contribution is 2.17. The van der Waals surface area contributed by atoms with Gasteiger partial charge in [0.15, 0.2) is 0 Å². The minimum atomic E-state index is -0.903. The Bertz CT molecular complexity index is 518. The molecule has 0 unspecified atom stereocenters. The Morgan fingerprint density at radius 3 is 2.62 bits per heavy atom. The summed E-state index contributed by atoms with van der Waals surface area (Å²) < 4.78 is 13.3. The molecule has 1 atom stereocenters. The van der Waals surface area contributed by atoms with Crippen molar-refractivity contribution < 1.29 is 19.1 Å². The molecule has 1 amide bonds. The van der Waals surface area contributed by atoms with Gasteiger partial charge in [0.1, 0.15) is 5.82 Å². The number of aliphatic carboxylic acids is 1. The maximum atomic E-state index is 13.3. The Morgan fingerprint density at radius 2 is 2.05 bits per heavy atom. The molecule has 0 aromatic heterocycles. The molecule has 0 spiro atoms. The summed E-state index contributed by atoms with van der Waals surface area (Å²) in [4.78, 5) is 22.8. The van der Waals surface area contributed by atoms with E-state index >= 15 is 0 Å². The third-order valence-corrected chi connectivity index (χ3v) is 3.12. The van der Waals surface area contributed by atoms with E-state index in [1.54, 1.807) is 0 Å². The minimum Gasteiger partial charge on any atom is -0.481 e. The number of anilines is 1. The average molecular weight is 296 g/mol. The van der Waals surface area contributed by atoms with Crippen LogP contribution >= 0.6 is 0 Å². The first-order valence-corrected chi connectivity index (χ1v) is 6.85. The number of nitrogens with one attached hydrogen (secondary N) is 1. The quantitative estimate of drug-likeness (QED) is 0.673. The van der Waals surface area contributed by atoms with E-state index in [1.807, 2.05) is 13.8 Å². The Balaban J connectivity index is 2.68. The van der Waals surface area contributed by atoms with Gasteiger partial charge in [-0.05, 0) is 30.4 Å². The average Bonchev–Trinajstić information content (AvgIpc) is 2.37. The van der Waals surface area contributed by atoms with Crippen LogP contribution in [-0.2, 0) is 4.79 Å².